The van der Waals surface area contributed by atoms with Crippen LogP contribution in [0.15, 0.2) is 42.6 Å². The fourth-order valence-electron chi connectivity index (χ4n) is 3.06. The number of hydrogen-bond donors (Lipinski definition) is 0. The monoisotopic (exact) mass is 309 g/mol. The lowest BCUT2D eigenvalue weighted by atomic mass is 10.1. The Labute approximate surface area is 134 Å². The van der Waals surface area contributed by atoms with Crippen molar-refractivity contribution in [2.45, 2.75) is 31.6 Å². The number of aromatic nitrogens is 3. The predicted molar refractivity (Wildman–Crippen MR) is 92.2 cm³/mol. The van der Waals surface area contributed by atoms with Crippen LogP contribution in [0.1, 0.15) is 35.2 Å². The molecule has 3 heterocycles. The normalized spacial score (nSPS) is 18.1. The number of nitrogens with zero attached hydrogens (tertiary/aromatic N) is 3. The van der Waals surface area contributed by atoms with Gasteiger partial charge in [0, 0.05) is 12.6 Å². The Morgan fingerprint density at radius 2 is 2.09 bits per heavy atom. The maximum absolute atomic E-state index is 4.86. The molecule has 1 aliphatic heterocycles. The maximum Gasteiger partial charge on any atom is 0.160 e. The van der Waals surface area contributed by atoms with Crippen LogP contribution >= 0.6 is 11.8 Å². The van der Waals surface area contributed by atoms with Gasteiger partial charge in [-0.25, -0.2) is 9.97 Å². The van der Waals surface area contributed by atoms with Gasteiger partial charge in [0.1, 0.15) is 11.3 Å². The van der Waals surface area contributed by atoms with E-state index in [0.29, 0.717) is 5.37 Å². The molecular formula is C18H19N3S. The number of benzene rings is 1. The van der Waals surface area contributed by atoms with E-state index in [9.17, 15) is 0 Å². The van der Waals surface area contributed by atoms with Crippen molar-refractivity contribution in [3.63, 3.8) is 0 Å². The predicted octanol–water partition coefficient (Wildman–Crippen LogP) is 4.36. The molecule has 3 aromatic rings. The molecule has 0 spiro atoms. The van der Waals surface area contributed by atoms with Gasteiger partial charge in [-0.15, -0.1) is 11.8 Å². The van der Waals surface area contributed by atoms with Gasteiger partial charge in [-0.1, -0.05) is 29.8 Å². The van der Waals surface area contributed by atoms with Crippen LogP contribution in [0.25, 0.3) is 11.2 Å². The lowest BCUT2D eigenvalue weighted by Gasteiger charge is -2.15. The first-order valence-corrected chi connectivity index (χ1v) is 8.85. The van der Waals surface area contributed by atoms with Crippen molar-refractivity contribution >= 4 is 22.9 Å². The molecule has 1 aromatic carbocycles. The molecule has 112 valence electrons. The first kappa shape index (κ1) is 13.8. The lowest BCUT2D eigenvalue weighted by Crippen LogP contribution is -2.08. The van der Waals surface area contributed by atoms with Gasteiger partial charge in [0.15, 0.2) is 5.65 Å². The minimum atomic E-state index is 0.486. The minimum absolute atomic E-state index is 0.486. The fourth-order valence-corrected chi connectivity index (χ4v) is 4.37. The lowest BCUT2D eigenvalue weighted by molar-refractivity contribution is 0.629. The first-order valence-electron chi connectivity index (χ1n) is 7.80. The SMILES string of the molecule is Cc1ccc(Cc2nc3cccnc3n2C2CCCS2)cc1. The van der Waals surface area contributed by atoms with Gasteiger partial charge in [-0.2, -0.15) is 0 Å². The van der Waals surface area contributed by atoms with Gasteiger partial charge in [-0.05, 0) is 43.2 Å². The van der Waals surface area contributed by atoms with E-state index in [2.05, 4.69) is 46.8 Å². The summed E-state index contributed by atoms with van der Waals surface area (Å²) in [5.74, 6) is 2.37. The molecule has 0 radical (unpaired) electrons. The molecule has 4 heteroatoms. The van der Waals surface area contributed by atoms with Crippen LogP contribution in [0.2, 0.25) is 0 Å². The molecule has 0 aliphatic carbocycles. The summed E-state index contributed by atoms with van der Waals surface area (Å²) in [7, 11) is 0. The molecule has 0 N–H and O–H groups in total. The zero-order valence-electron chi connectivity index (χ0n) is 12.7. The molecule has 1 fully saturated rings. The summed E-state index contributed by atoms with van der Waals surface area (Å²) in [6.45, 7) is 2.12. The largest absolute Gasteiger partial charge is 0.300 e. The number of fused-ring (bicyclic) bond motifs is 1. The van der Waals surface area contributed by atoms with Gasteiger partial charge in [0.05, 0.1) is 5.37 Å². The highest BCUT2D eigenvalue weighted by Gasteiger charge is 2.23. The van der Waals surface area contributed by atoms with Gasteiger partial charge in [0.25, 0.3) is 0 Å². The summed E-state index contributed by atoms with van der Waals surface area (Å²) < 4.78 is 2.37. The second-order valence-electron chi connectivity index (χ2n) is 5.87. The minimum Gasteiger partial charge on any atom is -0.300 e. The highest BCUT2D eigenvalue weighted by atomic mass is 32.2. The molecule has 3 nitrogen and oxygen atoms in total. The zero-order valence-corrected chi connectivity index (χ0v) is 13.5. The quantitative estimate of drug-likeness (QED) is 0.720. The standard InChI is InChI=1S/C18H19N3S/c1-13-6-8-14(9-7-13)12-16-20-15-4-2-10-19-18(15)21(16)17-5-3-11-22-17/h2,4,6-10,17H,3,5,11-12H2,1H3. The van der Waals surface area contributed by atoms with Crippen molar-refractivity contribution in [3.05, 3.63) is 59.5 Å². The van der Waals surface area contributed by atoms with E-state index < -0.39 is 0 Å². The summed E-state index contributed by atoms with van der Waals surface area (Å²) in [4.78, 5) is 9.45. The Morgan fingerprint density at radius 1 is 1.23 bits per heavy atom. The number of imidazole rings is 1. The number of pyridine rings is 1. The van der Waals surface area contributed by atoms with Crippen LogP contribution in [0.3, 0.4) is 0 Å². The van der Waals surface area contributed by atoms with Crippen molar-refractivity contribution < 1.29 is 0 Å². The first-order chi connectivity index (χ1) is 10.8. The third kappa shape index (κ3) is 2.52. The number of hydrogen-bond acceptors (Lipinski definition) is 3. The van der Waals surface area contributed by atoms with Crippen molar-refractivity contribution in [3.8, 4) is 0 Å². The maximum atomic E-state index is 4.86. The van der Waals surface area contributed by atoms with Crippen LogP contribution < -0.4 is 0 Å². The third-order valence-electron chi connectivity index (χ3n) is 4.20. The average Bonchev–Trinajstić information content (AvgIpc) is 3.16. The van der Waals surface area contributed by atoms with E-state index in [-0.39, 0.29) is 0 Å². The average molecular weight is 309 g/mol. The van der Waals surface area contributed by atoms with Crippen LogP contribution in [0.5, 0.6) is 0 Å². The van der Waals surface area contributed by atoms with Crippen molar-refractivity contribution in [2.75, 3.05) is 5.75 Å². The second-order valence-corrected chi connectivity index (χ2v) is 7.16. The van der Waals surface area contributed by atoms with Crippen molar-refractivity contribution in [1.29, 1.82) is 0 Å². The molecule has 0 bridgehead atoms. The Bertz CT molecular complexity index is 786. The molecule has 2 aromatic heterocycles. The van der Waals surface area contributed by atoms with E-state index in [0.717, 1.165) is 23.4 Å². The Hall–Kier alpha value is -1.81. The zero-order chi connectivity index (χ0) is 14.9. The number of aryl methyl sites for hydroxylation is 1. The Morgan fingerprint density at radius 3 is 2.86 bits per heavy atom. The summed E-state index contributed by atoms with van der Waals surface area (Å²) in [5.41, 5.74) is 4.65. The molecule has 4 rings (SSSR count). The second kappa shape index (κ2) is 5.76. The summed E-state index contributed by atoms with van der Waals surface area (Å²) in [6.07, 6.45) is 5.24. The van der Waals surface area contributed by atoms with Gasteiger partial charge >= 0.3 is 0 Å². The third-order valence-corrected chi connectivity index (χ3v) is 5.55. The van der Waals surface area contributed by atoms with Crippen LogP contribution in [-0.2, 0) is 6.42 Å². The topological polar surface area (TPSA) is 30.7 Å². The highest BCUT2D eigenvalue weighted by Crippen LogP contribution is 2.38. The number of thioether (sulfide) groups is 1. The summed E-state index contributed by atoms with van der Waals surface area (Å²) in [6, 6.07) is 12.8. The van der Waals surface area contributed by atoms with E-state index in [1.807, 2.05) is 24.0 Å². The molecule has 0 saturated carbocycles. The van der Waals surface area contributed by atoms with Crippen molar-refractivity contribution in [1.82, 2.24) is 14.5 Å². The van der Waals surface area contributed by atoms with E-state index in [1.165, 1.54) is 29.7 Å². The highest BCUT2D eigenvalue weighted by molar-refractivity contribution is 7.99. The molecule has 0 amide bonds. The fraction of sp³-hybridized carbons (Fsp3) is 0.333. The Kier molecular flexibility index (Phi) is 3.62. The van der Waals surface area contributed by atoms with Crippen LogP contribution in [-0.4, -0.2) is 20.3 Å². The molecule has 22 heavy (non-hydrogen) atoms. The molecule has 1 atom stereocenters. The van der Waals surface area contributed by atoms with Crippen LogP contribution in [0.4, 0.5) is 0 Å². The van der Waals surface area contributed by atoms with E-state index >= 15 is 0 Å². The van der Waals surface area contributed by atoms with Crippen molar-refractivity contribution in [2.24, 2.45) is 0 Å². The summed E-state index contributed by atoms with van der Waals surface area (Å²) in [5, 5.41) is 0.486. The molecule has 1 saturated heterocycles. The smallest absolute Gasteiger partial charge is 0.160 e. The van der Waals surface area contributed by atoms with E-state index in [1.54, 1.807) is 0 Å². The van der Waals surface area contributed by atoms with Gasteiger partial charge < -0.3 is 0 Å². The molecule has 1 unspecified atom stereocenters. The Balaban J connectivity index is 1.78. The van der Waals surface area contributed by atoms with E-state index in [4.69, 9.17) is 4.98 Å². The van der Waals surface area contributed by atoms with Crippen LogP contribution in [0, 0.1) is 6.92 Å². The number of rotatable bonds is 3. The van der Waals surface area contributed by atoms with Gasteiger partial charge in [-0.3, -0.25) is 4.57 Å². The van der Waals surface area contributed by atoms with Gasteiger partial charge in [0.2, 0.25) is 0 Å². The summed E-state index contributed by atoms with van der Waals surface area (Å²) >= 11 is 2.03. The molecular weight excluding hydrogens is 290 g/mol. The molecule has 1 aliphatic rings.